The maximum atomic E-state index is 10.7. The molecule has 0 saturated heterocycles. The predicted octanol–water partition coefficient (Wildman–Crippen LogP) is 4.03. The van der Waals surface area contributed by atoms with Crippen LogP contribution in [0.2, 0.25) is 0 Å². The molecule has 3 heteroatoms. The zero-order chi connectivity index (χ0) is 12.3. The summed E-state index contributed by atoms with van der Waals surface area (Å²) < 4.78 is 0.911. The van der Waals surface area contributed by atoms with Crippen molar-refractivity contribution < 1.29 is 4.79 Å². The summed E-state index contributed by atoms with van der Waals surface area (Å²) in [5.41, 5.74) is 2.80. The molecule has 0 heterocycles. The van der Waals surface area contributed by atoms with Gasteiger partial charge in [0, 0.05) is 22.8 Å². The Balaban J connectivity index is 2.38. The fourth-order valence-electron chi connectivity index (χ4n) is 1.66. The first-order chi connectivity index (χ1) is 8.22. The molecule has 0 fully saturated rings. The zero-order valence-corrected chi connectivity index (χ0v) is 11.0. The number of rotatable bonds is 3. The molecule has 2 aromatic rings. The van der Waals surface area contributed by atoms with E-state index in [2.05, 4.69) is 20.8 Å². The van der Waals surface area contributed by atoms with Crippen molar-refractivity contribution >= 4 is 33.6 Å². The van der Waals surface area contributed by atoms with Gasteiger partial charge in [0.2, 0.25) is 0 Å². The Morgan fingerprint density at radius 2 is 1.82 bits per heavy atom. The Morgan fingerprint density at radius 1 is 1.12 bits per heavy atom. The molecular formula is C14H12BrNO. The van der Waals surface area contributed by atoms with Crippen molar-refractivity contribution in [2.75, 3.05) is 11.9 Å². The number of hydrogen-bond acceptors (Lipinski definition) is 2. The van der Waals surface area contributed by atoms with Crippen LogP contribution in [0.5, 0.6) is 0 Å². The van der Waals surface area contributed by atoms with E-state index >= 15 is 0 Å². The van der Waals surface area contributed by atoms with Gasteiger partial charge in [-0.25, -0.2) is 0 Å². The maximum Gasteiger partial charge on any atom is 0.150 e. The molecule has 0 aliphatic rings. The van der Waals surface area contributed by atoms with Gasteiger partial charge in [-0.15, -0.1) is 0 Å². The minimum Gasteiger partial charge on any atom is -0.344 e. The minimum absolute atomic E-state index is 0.669. The molecule has 0 aromatic heterocycles. The first-order valence-electron chi connectivity index (χ1n) is 5.26. The van der Waals surface area contributed by atoms with Gasteiger partial charge in [0.05, 0.1) is 5.69 Å². The van der Waals surface area contributed by atoms with Crippen molar-refractivity contribution in [3.05, 3.63) is 58.6 Å². The summed E-state index contributed by atoms with van der Waals surface area (Å²) in [5.74, 6) is 0. The molecular weight excluding hydrogens is 278 g/mol. The third-order valence-corrected chi connectivity index (χ3v) is 3.25. The number of anilines is 2. The molecule has 0 aliphatic heterocycles. The molecule has 0 unspecified atom stereocenters. The van der Waals surface area contributed by atoms with Crippen molar-refractivity contribution in [1.29, 1.82) is 0 Å². The second-order valence-electron chi connectivity index (χ2n) is 3.72. The Labute approximate surface area is 109 Å². The largest absolute Gasteiger partial charge is 0.344 e. The highest BCUT2D eigenvalue weighted by molar-refractivity contribution is 9.10. The highest BCUT2D eigenvalue weighted by Gasteiger charge is 2.07. The van der Waals surface area contributed by atoms with Gasteiger partial charge >= 0.3 is 0 Å². The van der Waals surface area contributed by atoms with Crippen LogP contribution in [0.15, 0.2) is 53.0 Å². The van der Waals surface area contributed by atoms with Crippen molar-refractivity contribution in [3.63, 3.8) is 0 Å². The lowest BCUT2D eigenvalue weighted by molar-refractivity contribution is 0.112. The summed E-state index contributed by atoms with van der Waals surface area (Å²) in [4.78, 5) is 12.7. The van der Waals surface area contributed by atoms with Gasteiger partial charge in [-0.2, -0.15) is 0 Å². The molecule has 0 bridgehead atoms. The fourth-order valence-corrected chi connectivity index (χ4v) is 2.32. The fraction of sp³-hybridized carbons (Fsp3) is 0.0714. The van der Waals surface area contributed by atoms with Crippen molar-refractivity contribution in [2.24, 2.45) is 0 Å². The van der Waals surface area contributed by atoms with Crippen LogP contribution < -0.4 is 4.90 Å². The minimum atomic E-state index is 0.669. The molecule has 0 saturated carbocycles. The molecule has 17 heavy (non-hydrogen) atoms. The lowest BCUT2D eigenvalue weighted by Gasteiger charge is -2.21. The molecule has 2 aromatic carbocycles. The average Bonchev–Trinajstić information content (AvgIpc) is 2.39. The van der Waals surface area contributed by atoms with Crippen molar-refractivity contribution in [1.82, 2.24) is 0 Å². The molecule has 0 N–H and O–H groups in total. The molecule has 2 nitrogen and oxygen atoms in total. The Kier molecular flexibility index (Phi) is 3.59. The quantitative estimate of drug-likeness (QED) is 0.795. The molecule has 0 spiro atoms. The monoisotopic (exact) mass is 289 g/mol. The van der Waals surface area contributed by atoms with Crippen LogP contribution in [0.25, 0.3) is 0 Å². The van der Waals surface area contributed by atoms with E-state index in [0.29, 0.717) is 5.56 Å². The van der Waals surface area contributed by atoms with Gasteiger partial charge < -0.3 is 4.90 Å². The molecule has 0 aliphatic carbocycles. The summed E-state index contributed by atoms with van der Waals surface area (Å²) in [5, 5.41) is 0. The number of carbonyl (C=O) groups excluding carboxylic acids is 1. The van der Waals surface area contributed by atoms with E-state index in [1.807, 2.05) is 55.6 Å². The van der Waals surface area contributed by atoms with Crippen LogP contribution in [0.4, 0.5) is 11.4 Å². The Hall–Kier alpha value is -1.61. The molecule has 86 valence electrons. The number of aldehydes is 1. The first kappa shape index (κ1) is 11.9. The zero-order valence-electron chi connectivity index (χ0n) is 9.43. The van der Waals surface area contributed by atoms with Gasteiger partial charge in [-0.1, -0.05) is 18.2 Å². The topological polar surface area (TPSA) is 20.3 Å². The van der Waals surface area contributed by atoms with Gasteiger partial charge in [0.15, 0.2) is 0 Å². The van der Waals surface area contributed by atoms with Crippen LogP contribution in [-0.4, -0.2) is 13.3 Å². The Bertz CT molecular complexity index is 525. The summed E-state index contributed by atoms with van der Waals surface area (Å²) >= 11 is 3.49. The predicted molar refractivity (Wildman–Crippen MR) is 74.0 cm³/mol. The smallest absolute Gasteiger partial charge is 0.150 e. The first-order valence-corrected chi connectivity index (χ1v) is 6.05. The van der Waals surface area contributed by atoms with E-state index in [9.17, 15) is 4.79 Å². The van der Waals surface area contributed by atoms with Gasteiger partial charge in [-0.05, 0) is 46.3 Å². The van der Waals surface area contributed by atoms with E-state index in [0.717, 1.165) is 22.1 Å². The van der Waals surface area contributed by atoms with E-state index in [-0.39, 0.29) is 0 Å². The van der Waals surface area contributed by atoms with Crippen molar-refractivity contribution in [3.8, 4) is 0 Å². The van der Waals surface area contributed by atoms with E-state index in [1.165, 1.54) is 0 Å². The number of carbonyl (C=O) groups is 1. The van der Waals surface area contributed by atoms with E-state index < -0.39 is 0 Å². The van der Waals surface area contributed by atoms with Gasteiger partial charge in [0.25, 0.3) is 0 Å². The van der Waals surface area contributed by atoms with E-state index in [4.69, 9.17) is 0 Å². The van der Waals surface area contributed by atoms with E-state index in [1.54, 1.807) is 0 Å². The lowest BCUT2D eigenvalue weighted by Crippen LogP contribution is -2.09. The maximum absolute atomic E-state index is 10.7. The van der Waals surface area contributed by atoms with Gasteiger partial charge in [-0.3, -0.25) is 4.79 Å². The summed E-state index contributed by atoms with van der Waals surface area (Å²) in [6.07, 6.45) is 0.844. The van der Waals surface area contributed by atoms with Crippen LogP contribution in [0.3, 0.4) is 0 Å². The summed E-state index contributed by atoms with van der Waals surface area (Å²) in [7, 11) is 2.00. The number of benzene rings is 2. The summed E-state index contributed by atoms with van der Waals surface area (Å²) in [6.45, 7) is 0. The van der Waals surface area contributed by atoms with Crippen LogP contribution in [-0.2, 0) is 0 Å². The number of hydrogen-bond donors (Lipinski definition) is 0. The van der Waals surface area contributed by atoms with Crippen LogP contribution in [0.1, 0.15) is 10.4 Å². The average molecular weight is 290 g/mol. The van der Waals surface area contributed by atoms with Gasteiger partial charge in [0.1, 0.15) is 6.29 Å². The van der Waals surface area contributed by atoms with Crippen molar-refractivity contribution in [2.45, 2.75) is 0 Å². The molecule has 0 amide bonds. The number of nitrogens with zero attached hydrogens (tertiary/aromatic N) is 1. The van der Waals surface area contributed by atoms with Crippen LogP contribution in [0, 0.1) is 0 Å². The second kappa shape index (κ2) is 5.15. The summed E-state index contributed by atoms with van der Waals surface area (Å²) in [6, 6.07) is 15.6. The lowest BCUT2D eigenvalue weighted by atomic mass is 10.2. The molecule has 0 radical (unpaired) electrons. The second-order valence-corrected chi connectivity index (χ2v) is 4.58. The van der Waals surface area contributed by atoms with Crippen LogP contribution >= 0.6 is 15.9 Å². The normalized spacial score (nSPS) is 10.0. The molecule has 2 rings (SSSR count). The third kappa shape index (κ3) is 2.56. The Morgan fingerprint density at radius 3 is 2.41 bits per heavy atom. The number of para-hydroxylation sites is 1. The SMILES string of the molecule is CN(c1ccccc1)c1ccc(C=O)cc1Br. The highest BCUT2D eigenvalue weighted by Crippen LogP contribution is 2.31. The number of halogens is 1. The standard InChI is InChI=1S/C14H12BrNO/c1-16(12-5-3-2-4-6-12)14-8-7-11(10-17)9-13(14)15/h2-10H,1H3. The third-order valence-electron chi connectivity index (χ3n) is 2.61. The highest BCUT2D eigenvalue weighted by atomic mass is 79.9. The molecule has 0 atom stereocenters.